The van der Waals surface area contributed by atoms with Crippen LogP contribution in [-0.2, 0) is 4.74 Å². The summed E-state index contributed by atoms with van der Waals surface area (Å²) in [6.07, 6.45) is 1.09. The van der Waals surface area contributed by atoms with Gasteiger partial charge in [0.05, 0.1) is 23.9 Å². The maximum atomic E-state index is 6.35. The van der Waals surface area contributed by atoms with E-state index in [0.29, 0.717) is 0 Å². The highest BCUT2D eigenvalue weighted by Gasteiger charge is 2.21. The van der Waals surface area contributed by atoms with E-state index in [1.54, 1.807) is 0 Å². The molecule has 2 aliphatic heterocycles. The monoisotopic (exact) mass is 393 g/mol. The van der Waals surface area contributed by atoms with Gasteiger partial charge in [-0.05, 0) is 25.5 Å². The SMILES string of the molecule is CCNC(=NCCCN1CCOCC1)N1CCN(c2ccccc2Cl)CC1. The first-order valence-corrected chi connectivity index (χ1v) is 10.5. The maximum Gasteiger partial charge on any atom is 0.194 e. The number of aliphatic imine (C=N–C) groups is 1. The van der Waals surface area contributed by atoms with Crippen LogP contribution in [0.25, 0.3) is 0 Å². The minimum absolute atomic E-state index is 0.828. The lowest BCUT2D eigenvalue weighted by Crippen LogP contribution is -2.52. The highest BCUT2D eigenvalue weighted by Crippen LogP contribution is 2.26. The number of rotatable bonds is 6. The average molecular weight is 394 g/mol. The molecule has 2 saturated heterocycles. The number of morpholine rings is 1. The zero-order chi connectivity index (χ0) is 18.9. The second-order valence-electron chi connectivity index (χ2n) is 6.97. The first-order valence-electron chi connectivity index (χ1n) is 10.1. The lowest BCUT2D eigenvalue weighted by molar-refractivity contribution is 0.0377. The Morgan fingerprint density at radius 3 is 2.56 bits per heavy atom. The van der Waals surface area contributed by atoms with Gasteiger partial charge in [-0.15, -0.1) is 0 Å². The van der Waals surface area contributed by atoms with Gasteiger partial charge in [0.25, 0.3) is 0 Å². The van der Waals surface area contributed by atoms with Crippen molar-refractivity contribution in [3.05, 3.63) is 29.3 Å². The van der Waals surface area contributed by atoms with Crippen molar-refractivity contribution in [1.29, 1.82) is 0 Å². The molecule has 0 bridgehead atoms. The fourth-order valence-electron chi connectivity index (χ4n) is 3.60. The molecule has 0 radical (unpaired) electrons. The van der Waals surface area contributed by atoms with Gasteiger partial charge in [-0.25, -0.2) is 0 Å². The third-order valence-corrected chi connectivity index (χ3v) is 5.42. The number of piperazine rings is 1. The van der Waals surface area contributed by atoms with Crippen LogP contribution in [0.2, 0.25) is 5.02 Å². The molecular formula is C20H32ClN5O. The Balaban J connectivity index is 1.47. The minimum atomic E-state index is 0.828. The first kappa shape index (κ1) is 20.2. The predicted molar refractivity (Wildman–Crippen MR) is 113 cm³/mol. The van der Waals surface area contributed by atoms with Crippen LogP contribution in [0.15, 0.2) is 29.3 Å². The van der Waals surface area contributed by atoms with E-state index >= 15 is 0 Å². The summed E-state index contributed by atoms with van der Waals surface area (Å²) in [7, 11) is 0. The normalized spacial score (nSPS) is 19.4. The molecular weight excluding hydrogens is 362 g/mol. The van der Waals surface area contributed by atoms with Gasteiger partial charge in [-0.1, -0.05) is 23.7 Å². The molecule has 0 atom stereocenters. The van der Waals surface area contributed by atoms with Gasteiger partial charge in [-0.3, -0.25) is 9.89 Å². The second-order valence-corrected chi connectivity index (χ2v) is 7.38. The summed E-state index contributed by atoms with van der Waals surface area (Å²) >= 11 is 6.35. The Kier molecular flexibility index (Phi) is 8.05. The Morgan fingerprint density at radius 2 is 1.85 bits per heavy atom. The van der Waals surface area contributed by atoms with Crippen LogP contribution in [0.5, 0.6) is 0 Å². The molecule has 1 aromatic rings. The molecule has 1 aromatic carbocycles. The van der Waals surface area contributed by atoms with Crippen molar-refractivity contribution < 1.29 is 4.74 Å². The molecule has 0 saturated carbocycles. The van der Waals surface area contributed by atoms with Gasteiger partial charge in [0.1, 0.15) is 0 Å². The number of ether oxygens (including phenoxy) is 1. The van der Waals surface area contributed by atoms with E-state index in [1.807, 2.05) is 18.2 Å². The second kappa shape index (κ2) is 10.7. The number of hydrogen-bond donors (Lipinski definition) is 1. The van der Waals surface area contributed by atoms with Crippen LogP contribution < -0.4 is 10.2 Å². The molecule has 3 rings (SSSR count). The van der Waals surface area contributed by atoms with Gasteiger partial charge in [0.2, 0.25) is 0 Å². The molecule has 6 nitrogen and oxygen atoms in total. The Hall–Kier alpha value is -1.50. The van der Waals surface area contributed by atoms with Crippen LogP contribution in [0.4, 0.5) is 5.69 Å². The van der Waals surface area contributed by atoms with E-state index in [1.165, 1.54) is 0 Å². The molecule has 27 heavy (non-hydrogen) atoms. The Bertz CT molecular complexity index is 598. The number of anilines is 1. The fourth-order valence-corrected chi connectivity index (χ4v) is 3.85. The van der Waals surface area contributed by atoms with Gasteiger partial charge < -0.3 is 19.9 Å². The summed E-state index contributed by atoms with van der Waals surface area (Å²) in [5.74, 6) is 1.04. The fraction of sp³-hybridized carbons (Fsp3) is 0.650. The van der Waals surface area contributed by atoms with Crippen molar-refractivity contribution in [1.82, 2.24) is 15.1 Å². The van der Waals surface area contributed by atoms with Crippen LogP contribution in [0, 0.1) is 0 Å². The smallest absolute Gasteiger partial charge is 0.194 e. The maximum absolute atomic E-state index is 6.35. The van der Waals surface area contributed by atoms with Crippen molar-refractivity contribution in [2.24, 2.45) is 4.99 Å². The number of para-hydroxylation sites is 1. The summed E-state index contributed by atoms with van der Waals surface area (Å²) in [5.41, 5.74) is 1.13. The van der Waals surface area contributed by atoms with Crippen molar-refractivity contribution in [3.63, 3.8) is 0 Å². The molecule has 2 fully saturated rings. The van der Waals surface area contributed by atoms with Crippen molar-refractivity contribution >= 4 is 23.2 Å². The number of hydrogen-bond acceptors (Lipinski definition) is 4. The van der Waals surface area contributed by atoms with Crippen LogP contribution >= 0.6 is 11.6 Å². The van der Waals surface area contributed by atoms with E-state index in [9.17, 15) is 0 Å². The van der Waals surface area contributed by atoms with E-state index in [-0.39, 0.29) is 0 Å². The molecule has 2 aliphatic rings. The molecule has 150 valence electrons. The molecule has 0 spiro atoms. The number of nitrogens with one attached hydrogen (secondary N) is 1. The zero-order valence-corrected chi connectivity index (χ0v) is 17.1. The third kappa shape index (κ3) is 5.99. The molecule has 0 amide bonds. The first-order chi connectivity index (χ1) is 13.3. The van der Waals surface area contributed by atoms with E-state index in [0.717, 1.165) is 95.2 Å². The molecule has 7 heteroatoms. The molecule has 2 heterocycles. The lowest BCUT2D eigenvalue weighted by Gasteiger charge is -2.38. The molecule has 0 unspecified atom stereocenters. The molecule has 0 aromatic heterocycles. The predicted octanol–water partition coefficient (Wildman–Crippen LogP) is 2.15. The minimum Gasteiger partial charge on any atom is -0.379 e. The summed E-state index contributed by atoms with van der Waals surface area (Å²) < 4.78 is 5.41. The topological polar surface area (TPSA) is 43.3 Å². The van der Waals surface area contributed by atoms with Crippen molar-refractivity contribution in [2.45, 2.75) is 13.3 Å². The highest BCUT2D eigenvalue weighted by molar-refractivity contribution is 6.33. The Morgan fingerprint density at radius 1 is 1.11 bits per heavy atom. The van der Waals surface area contributed by atoms with E-state index in [2.05, 4.69) is 33.0 Å². The summed E-state index contributed by atoms with van der Waals surface area (Å²) in [4.78, 5) is 12.1. The van der Waals surface area contributed by atoms with Crippen LogP contribution in [0.3, 0.4) is 0 Å². The quantitative estimate of drug-likeness (QED) is 0.455. The average Bonchev–Trinajstić information content (AvgIpc) is 2.72. The summed E-state index contributed by atoms with van der Waals surface area (Å²) in [6, 6.07) is 8.09. The Labute approximate surface area is 168 Å². The van der Waals surface area contributed by atoms with Crippen LogP contribution in [-0.4, -0.2) is 87.9 Å². The van der Waals surface area contributed by atoms with E-state index < -0.39 is 0 Å². The number of nitrogens with zero attached hydrogens (tertiary/aromatic N) is 4. The van der Waals surface area contributed by atoms with Gasteiger partial charge in [0.15, 0.2) is 5.96 Å². The number of benzene rings is 1. The standard InChI is InChI=1S/C20H32ClN5O/c1-2-22-20(23-8-5-9-24-14-16-27-17-15-24)26-12-10-25(11-13-26)19-7-4-3-6-18(19)21/h3-4,6-7H,2,5,8-17H2,1H3,(H,22,23). The number of guanidine groups is 1. The highest BCUT2D eigenvalue weighted by atomic mass is 35.5. The van der Waals surface area contributed by atoms with Crippen molar-refractivity contribution in [3.8, 4) is 0 Å². The van der Waals surface area contributed by atoms with Gasteiger partial charge in [-0.2, -0.15) is 0 Å². The molecule has 1 N–H and O–H groups in total. The summed E-state index contributed by atoms with van der Waals surface area (Å²) in [6.45, 7) is 12.7. The lowest BCUT2D eigenvalue weighted by atomic mass is 10.2. The van der Waals surface area contributed by atoms with Gasteiger partial charge in [0, 0.05) is 58.9 Å². The van der Waals surface area contributed by atoms with Crippen LogP contribution in [0.1, 0.15) is 13.3 Å². The number of halogens is 1. The van der Waals surface area contributed by atoms with Gasteiger partial charge >= 0.3 is 0 Å². The zero-order valence-electron chi connectivity index (χ0n) is 16.4. The summed E-state index contributed by atoms with van der Waals surface area (Å²) in [5, 5.41) is 4.28. The third-order valence-electron chi connectivity index (χ3n) is 5.10. The van der Waals surface area contributed by atoms with Crippen molar-refractivity contribution in [2.75, 3.05) is 77.0 Å². The molecule has 0 aliphatic carbocycles. The van der Waals surface area contributed by atoms with E-state index in [4.69, 9.17) is 21.3 Å². The largest absolute Gasteiger partial charge is 0.379 e.